The SMILES string of the molecule is CN(c1nc(-c2ccccc2Cl)cs1)S(=O)(=O)[C@H](CC(=O)O)Cc1ccccc1. The maximum absolute atomic E-state index is 13.2. The summed E-state index contributed by atoms with van der Waals surface area (Å²) in [5, 5.41) is 10.6. The van der Waals surface area contributed by atoms with Gasteiger partial charge in [-0.1, -0.05) is 60.1 Å². The van der Waals surface area contributed by atoms with Crippen LogP contribution in [-0.2, 0) is 21.2 Å². The molecule has 0 aliphatic heterocycles. The van der Waals surface area contributed by atoms with Crippen LogP contribution in [0.1, 0.15) is 12.0 Å². The van der Waals surface area contributed by atoms with Gasteiger partial charge in [-0.05, 0) is 18.1 Å². The summed E-state index contributed by atoms with van der Waals surface area (Å²) in [5.41, 5.74) is 2.02. The van der Waals surface area contributed by atoms with Gasteiger partial charge in [-0.3, -0.25) is 4.79 Å². The molecule has 0 aliphatic carbocycles. The Labute approximate surface area is 178 Å². The summed E-state index contributed by atoms with van der Waals surface area (Å²) in [4.78, 5) is 15.7. The lowest BCUT2D eigenvalue weighted by molar-refractivity contribution is -0.137. The normalized spacial score (nSPS) is 12.5. The van der Waals surface area contributed by atoms with Crippen molar-refractivity contribution in [1.29, 1.82) is 0 Å². The minimum Gasteiger partial charge on any atom is -0.481 e. The number of rotatable bonds is 8. The standard InChI is InChI=1S/C20H19ClN2O4S2/c1-23(20-22-18(13-28-20)16-9-5-6-10-17(16)21)29(26,27)15(12-19(24)25)11-14-7-3-2-4-8-14/h2-10,13,15H,11-12H2,1H3,(H,24,25)/t15-/m0/s1. The van der Waals surface area contributed by atoms with Crippen LogP contribution in [0.15, 0.2) is 60.0 Å². The van der Waals surface area contributed by atoms with Crippen molar-refractivity contribution in [3.8, 4) is 11.3 Å². The number of hydrogen-bond acceptors (Lipinski definition) is 5. The van der Waals surface area contributed by atoms with Crippen molar-refractivity contribution in [3.05, 3.63) is 70.6 Å². The summed E-state index contributed by atoms with van der Waals surface area (Å²) in [7, 11) is -2.57. The second kappa shape index (κ2) is 8.94. The molecule has 29 heavy (non-hydrogen) atoms. The van der Waals surface area contributed by atoms with E-state index in [1.165, 1.54) is 7.05 Å². The quantitative estimate of drug-likeness (QED) is 0.552. The topological polar surface area (TPSA) is 87.6 Å². The van der Waals surface area contributed by atoms with Crippen LogP contribution < -0.4 is 4.31 Å². The van der Waals surface area contributed by atoms with Gasteiger partial charge in [0.25, 0.3) is 0 Å². The first-order valence-corrected chi connectivity index (χ1v) is 11.5. The van der Waals surface area contributed by atoms with Gasteiger partial charge in [0.05, 0.1) is 17.4 Å². The molecule has 0 unspecified atom stereocenters. The van der Waals surface area contributed by atoms with Gasteiger partial charge in [0.15, 0.2) is 5.13 Å². The van der Waals surface area contributed by atoms with E-state index < -0.39 is 27.7 Å². The molecule has 1 heterocycles. The van der Waals surface area contributed by atoms with E-state index >= 15 is 0 Å². The van der Waals surface area contributed by atoms with Crippen LogP contribution in [0.4, 0.5) is 5.13 Å². The number of aliphatic carboxylic acids is 1. The van der Waals surface area contributed by atoms with Crippen molar-refractivity contribution in [2.24, 2.45) is 0 Å². The molecule has 3 rings (SSSR count). The minimum atomic E-state index is -3.96. The average Bonchev–Trinajstić information content (AvgIpc) is 3.17. The Balaban J connectivity index is 1.90. The summed E-state index contributed by atoms with van der Waals surface area (Å²) in [5.74, 6) is -1.17. The Morgan fingerprint density at radius 1 is 1.17 bits per heavy atom. The van der Waals surface area contributed by atoms with Crippen LogP contribution in [0, 0.1) is 0 Å². The largest absolute Gasteiger partial charge is 0.481 e. The highest BCUT2D eigenvalue weighted by molar-refractivity contribution is 7.93. The first kappa shape index (κ1) is 21.3. The number of benzene rings is 2. The first-order chi connectivity index (χ1) is 13.8. The monoisotopic (exact) mass is 450 g/mol. The lowest BCUT2D eigenvalue weighted by atomic mass is 10.1. The average molecular weight is 451 g/mol. The number of thiazole rings is 1. The Morgan fingerprint density at radius 2 is 1.83 bits per heavy atom. The highest BCUT2D eigenvalue weighted by Crippen LogP contribution is 2.33. The van der Waals surface area contributed by atoms with Gasteiger partial charge in [0, 0.05) is 23.0 Å². The van der Waals surface area contributed by atoms with Gasteiger partial charge in [-0.2, -0.15) is 0 Å². The summed E-state index contributed by atoms with van der Waals surface area (Å²) in [6.07, 6.45) is -0.396. The smallest absolute Gasteiger partial charge is 0.304 e. The number of nitrogens with zero attached hydrogens (tertiary/aromatic N) is 2. The predicted molar refractivity (Wildman–Crippen MR) is 116 cm³/mol. The third-order valence-electron chi connectivity index (χ3n) is 4.42. The molecule has 0 aliphatic rings. The predicted octanol–water partition coefficient (Wildman–Crippen LogP) is 4.32. The molecule has 0 radical (unpaired) electrons. The third kappa shape index (κ3) is 4.95. The maximum Gasteiger partial charge on any atom is 0.304 e. The van der Waals surface area contributed by atoms with E-state index in [1.54, 1.807) is 47.8 Å². The van der Waals surface area contributed by atoms with Crippen LogP contribution in [0.5, 0.6) is 0 Å². The number of aromatic nitrogens is 1. The fourth-order valence-corrected chi connectivity index (χ4v) is 5.72. The molecular weight excluding hydrogens is 432 g/mol. The number of hydrogen-bond donors (Lipinski definition) is 1. The molecular formula is C20H19ClN2O4S2. The number of carboxylic acid groups (broad SMARTS) is 1. The van der Waals surface area contributed by atoms with Gasteiger partial charge in [-0.25, -0.2) is 17.7 Å². The highest BCUT2D eigenvalue weighted by Gasteiger charge is 2.33. The summed E-state index contributed by atoms with van der Waals surface area (Å²) in [6.45, 7) is 0. The second-order valence-corrected chi connectivity index (χ2v) is 9.91. The number of anilines is 1. The molecule has 3 aromatic rings. The fraction of sp³-hybridized carbons (Fsp3) is 0.200. The van der Waals surface area contributed by atoms with E-state index in [9.17, 15) is 18.3 Å². The zero-order valence-corrected chi connectivity index (χ0v) is 17.9. The molecule has 1 N–H and O–H groups in total. The van der Waals surface area contributed by atoms with Gasteiger partial charge < -0.3 is 5.11 Å². The Morgan fingerprint density at radius 3 is 2.48 bits per heavy atom. The van der Waals surface area contributed by atoms with Crippen molar-refractivity contribution < 1.29 is 18.3 Å². The Hall–Kier alpha value is -2.42. The number of halogens is 1. The van der Waals surface area contributed by atoms with Gasteiger partial charge in [0.2, 0.25) is 10.0 Å². The van der Waals surface area contributed by atoms with Crippen LogP contribution in [-0.4, -0.2) is 36.8 Å². The summed E-state index contributed by atoms with van der Waals surface area (Å²) < 4.78 is 27.4. The van der Waals surface area contributed by atoms with Gasteiger partial charge >= 0.3 is 5.97 Å². The van der Waals surface area contributed by atoms with E-state index in [4.69, 9.17) is 11.6 Å². The van der Waals surface area contributed by atoms with Gasteiger partial charge in [-0.15, -0.1) is 11.3 Å². The zero-order valence-electron chi connectivity index (χ0n) is 15.5. The molecule has 2 aromatic carbocycles. The molecule has 9 heteroatoms. The molecule has 1 aromatic heterocycles. The maximum atomic E-state index is 13.2. The second-order valence-electron chi connectivity index (χ2n) is 6.42. The van der Waals surface area contributed by atoms with Crippen molar-refractivity contribution >= 4 is 44.1 Å². The fourth-order valence-electron chi connectivity index (χ4n) is 2.89. The lowest BCUT2D eigenvalue weighted by Gasteiger charge is -2.23. The van der Waals surface area contributed by atoms with Crippen LogP contribution in [0.25, 0.3) is 11.3 Å². The summed E-state index contributed by atoms with van der Waals surface area (Å²) in [6, 6.07) is 16.1. The third-order valence-corrected chi connectivity index (χ3v) is 7.90. The molecule has 0 saturated carbocycles. The van der Waals surface area contributed by atoms with Gasteiger partial charge in [0.1, 0.15) is 0 Å². The van der Waals surface area contributed by atoms with Crippen molar-refractivity contribution in [1.82, 2.24) is 4.98 Å². The Kier molecular flexibility index (Phi) is 6.56. The number of carbonyl (C=O) groups is 1. The van der Waals surface area contributed by atoms with Crippen molar-refractivity contribution in [2.45, 2.75) is 18.1 Å². The van der Waals surface area contributed by atoms with E-state index in [0.29, 0.717) is 16.3 Å². The van der Waals surface area contributed by atoms with Crippen molar-refractivity contribution in [3.63, 3.8) is 0 Å². The van der Waals surface area contributed by atoms with E-state index in [2.05, 4.69) is 4.98 Å². The van der Waals surface area contributed by atoms with E-state index in [1.807, 2.05) is 12.1 Å². The molecule has 0 bridgehead atoms. The van der Waals surface area contributed by atoms with E-state index in [0.717, 1.165) is 21.2 Å². The molecule has 0 fully saturated rings. The number of carboxylic acids is 1. The zero-order chi connectivity index (χ0) is 21.0. The molecule has 152 valence electrons. The summed E-state index contributed by atoms with van der Waals surface area (Å²) >= 11 is 7.36. The molecule has 6 nitrogen and oxygen atoms in total. The Bertz CT molecular complexity index is 1100. The van der Waals surface area contributed by atoms with Crippen LogP contribution in [0.2, 0.25) is 5.02 Å². The molecule has 0 saturated heterocycles. The minimum absolute atomic E-state index is 0.0998. The van der Waals surface area contributed by atoms with Crippen LogP contribution in [0.3, 0.4) is 0 Å². The first-order valence-electron chi connectivity index (χ1n) is 8.73. The van der Waals surface area contributed by atoms with Crippen LogP contribution >= 0.6 is 22.9 Å². The van der Waals surface area contributed by atoms with Crippen molar-refractivity contribution in [2.75, 3.05) is 11.4 Å². The highest BCUT2D eigenvalue weighted by atomic mass is 35.5. The number of sulfonamides is 1. The molecule has 0 spiro atoms. The molecule has 1 atom stereocenters. The molecule has 0 amide bonds. The van der Waals surface area contributed by atoms with E-state index in [-0.39, 0.29) is 11.6 Å². The lowest BCUT2D eigenvalue weighted by Crippen LogP contribution is -2.38.